The highest BCUT2D eigenvalue weighted by Crippen LogP contribution is 2.56. The SMILES string of the molecule is [2H]c1cnc(N2CCN(C([2H])([2H])CCCN3C(=O)C4C5CCC(C5)C4C3=O)CC2)nc1. The summed E-state index contributed by atoms with van der Waals surface area (Å²) in [5.74, 6) is 1.15. The Hall–Kier alpha value is -2.02. The first-order valence-corrected chi connectivity index (χ1v) is 10.5. The zero-order valence-electron chi connectivity index (χ0n) is 19.1. The first-order chi connectivity index (χ1) is 14.8. The van der Waals surface area contributed by atoms with Gasteiger partial charge in [-0.25, -0.2) is 9.97 Å². The quantitative estimate of drug-likeness (QED) is 0.689. The number of hydrogen-bond donors (Lipinski definition) is 0. The Labute approximate surface area is 170 Å². The molecule has 2 amide bonds. The van der Waals surface area contributed by atoms with Crippen molar-refractivity contribution in [2.45, 2.75) is 32.1 Å². The number of imide groups is 1. The lowest BCUT2D eigenvalue weighted by Gasteiger charge is -2.34. The maximum Gasteiger partial charge on any atom is 0.233 e. The van der Waals surface area contributed by atoms with Crippen molar-refractivity contribution in [1.29, 1.82) is 0 Å². The van der Waals surface area contributed by atoms with Gasteiger partial charge in [-0.2, -0.15) is 0 Å². The fraction of sp³-hybridized carbons (Fsp3) is 0.714. The van der Waals surface area contributed by atoms with E-state index in [-0.39, 0.29) is 36.1 Å². The van der Waals surface area contributed by atoms with E-state index in [2.05, 4.69) is 9.97 Å². The van der Waals surface area contributed by atoms with Crippen molar-refractivity contribution in [2.24, 2.45) is 23.7 Å². The van der Waals surface area contributed by atoms with Crippen LogP contribution in [0.3, 0.4) is 0 Å². The second-order valence-corrected chi connectivity index (χ2v) is 8.43. The molecule has 2 aliphatic carbocycles. The summed E-state index contributed by atoms with van der Waals surface area (Å²) in [6.45, 7) is 1.18. The summed E-state index contributed by atoms with van der Waals surface area (Å²) < 4.78 is 24.5. The summed E-state index contributed by atoms with van der Waals surface area (Å²) in [6.07, 6.45) is 6.89. The Balaban J connectivity index is 1.12. The molecule has 28 heavy (non-hydrogen) atoms. The van der Waals surface area contributed by atoms with Crippen molar-refractivity contribution in [3.05, 3.63) is 18.4 Å². The van der Waals surface area contributed by atoms with E-state index in [9.17, 15) is 9.59 Å². The predicted octanol–water partition coefficient (Wildman–Crippen LogP) is 1.41. The first kappa shape index (κ1) is 14.9. The second-order valence-electron chi connectivity index (χ2n) is 8.43. The van der Waals surface area contributed by atoms with Crippen molar-refractivity contribution >= 4 is 17.8 Å². The van der Waals surface area contributed by atoms with Gasteiger partial charge in [0.1, 0.15) is 0 Å². The van der Waals surface area contributed by atoms with Crippen LogP contribution < -0.4 is 4.90 Å². The van der Waals surface area contributed by atoms with Crippen LogP contribution in [0.4, 0.5) is 5.95 Å². The number of carbonyl (C=O) groups is 2. The van der Waals surface area contributed by atoms with Crippen LogP contribution in [0.15, 0.2) is 18.4 Å². The summed E-state index contributed by atoms with van der Waals surface area (Å²) in [5, 5.41) is 0. The van der Waals surface area contributed by atoms with E-state index in [4.69, 9.17) is 4.11 Å². The molecule has 7 nitrogen and oxygen atoms in total. The van der Waals surface area contributed by atoms with Gasteiger partial charge in [0.2, 0.25) is 17.8 Å². The molecule has 2 aliphatic heterocycles. The molecule has 0 aromatic carbocycles. The number of carbonyl (C=O) groups excluding carboxylic acids is 2. The maximum atomic E-state index is 12.8. The molecule has 4 fully saturated rings. The Morgan fingerprint density at radius 1 is 1.00 bits per heavy atom. The van der Waals surface area contributed by atoms with Crippen molar-refractivity contribution in [3.63, 3.8) is 0 Å². The van der Waals surface area contributed by atoms with Crippen molar-refractivity contribution in [2.75, 3.05) is 44.1 Å². The average molecular weight is 387 g/mol. The van der Waals surface area contributed by atoms with Crippen molar-refractivity contribution in [3.8, 4) is 0 Å². The molecular formula is C21H29N5O2. The molecule has 150 valence electrons. The molecule has 0 spiro atoms. The highest BCUT2D eigenvalue weighted by atomic mass is 16.2. The summed E-state index contributed by atoms with van der Waals surface area (Å²) >= 11 is 0. The lowest BCUT2D eigenvalue weighted by molar-refractivity contribution is -0.140. The molecule has 4 aliphatic rings. The van der Waals surface area contributed by atoms with Crippen LogP contribution in [0.1, 0.15) is 36.2 Å². The largest absolute Gasteiger partial charge is 0.338 e. The molecule has 7 heteroatoms. The minimum absolute atomic E-state index is 0.00456. The number of piperazine rings is 1. The number of likely N-dealkylation sites (tertiary alicyclic amines) is 1. The van der Waals surface area contributed by atoms with Crippen LogP contribution in [-0.2, 0) is 9.59 Å². The molecule has 4 atom stereocenters. The van der Waals surface area contributed by atoms with Crippen LogP contribution in [-0.4, -0.2) is 70.8 Å². The lowest BCUT2D eigenvalue weighted by Crippen LogP contribution is -2.47. The van der Waals surface area contributed by atoms with Crippen LogP contribution in [0, 0.1) is 23.7 Å². The van der Waals surface area contributed by atoms with Gasteiger partial charge in [-0.15, -0.1) is 0 Å². The van der Waals surface area contributed by atoms with E-state index < -0.39 is 6.50 Å². The maximum absolute atomic E-state index is 12.8. The van der Waals surface area contributed by atoms with Gasteiger partial charge < -0.3 is 4.90 Å². The molecular weight excluding hydrogens is 354 g/mol. The van der Waals surface area contributed by atoms with Crippen molar-refractivity contribution in [1.82, 2.24) is 19.8 Å². The highest BCUT2D eigenvalue weighted by Gasteiger charge is 2.60. The minimum Gasteiger partial charge on any atom is -0.338 e. The molecule has 1 aromatic rings. The van der Waals surface area contributed by atoms with E-state index in [0.29, 0.717) is 56.9 Å². The standard InChI is InChI=1S/C21H29N5O2/c27-19-17-15-4-5-16(14-15)18(17)20(28)26(19)9-2-1-8-24-10-12-25(13-11-24)21-22-6-3-7-23-21/h3,6-7,15-18H,1-2,4-5,8-14H2/i3D,8D2. The number of rotatable bonds is 6. The minimum atomic E-state index is -1.49. The molecule has 0 radical (unpaired) electrons. The summed E-state index contributed by atoms with van der Waals surface area (Å²) in [4.78, 5) is 39.2. The van der Waals surface area contributed by atoms with Gasteiger partial charge in [0.25, 0.3) is 0 Å². The highest BCUT2D eigenvalue weighted by molar-refractivity contribution is 6.06. The Kier molecular flexibility index (Phi) is 3.95. The molecule has 1 aromatic heterocycles. The van der Waals surface area contributed by atoms with Crippen LogP contribution in [0.2, 0.25) is 0 Å². The molecule has 4 unspecified atom stereocenters. The van der Waals surface area contributed by atoms with Gasteiger partial charge in [0.15, 0.2) is 0 Å². The van der Waals surface area contributed by atoms with Gasteiger partial charge in [0, 0.05) is 47.9 Å². The monoisotopic (exact) mass is 386 g/mol. The van der Waals surface area contributed by atoms with Gasteiger partial charge in [-0.05, 0) is 56.5 Å². The van der Waals surface area contributed by atoms with Gasteiger partial charge >= 0.3 is 0 Å². The number of anilines is 1. The fourth-order valence-electron chi connectivity index (χ4n) is 5.65. The molecule has 0 N–H and O–H groups in total. The zero-order valence-corrected chi connectivity index (χ0v) is 16.1. The molecule has 2 bridgehead atoms. The normalized spacial score (nSPS) is 34.5. The first-order valence-electron chi connectivity index (χ1n) is 12.0. The predicted molar refractivity (Wildman–Crippen MR) is 104 cm³/mol. The number of fused-ring (bicyclic) bond motifs is 5. The smallest absolute Gasteiger partial charge is 0.233 e. The van der Waals surface area contributed by atoms with Gasteiger partial charge in [-0.3, -0.25) is 19.4 Å². The molecule has 3 heterocycles. The third-order valence-electron chi connectivity index (χ3n) is 6.98. The van der Waals surface area contributed by atoms with E-state index in [1.807, 2.05) is 9.80 Å². The Morgan fingerprint density at radius 2 is 1.64 bits per heavy atom. The molecule has 2 saturated carbocycles. The summed E-state index contributed by atoms with van der Waals surface area (Å²) in [7, 11) is 0. The Morgan fingerprint density at radius 3 is 2.29 bits per heavy atom. The second kappa shape index (κ2) is 7.43. The van der Waals surface area contributed by atoms with Crippen molar-refractivity contribution < 1.29 is 13.7 Å². The van der Waals surface area contributed by atoms with Crippen LogP contribution in [0.5, 0.6) is 0 Å². The number of amides is 2. The third kappa shape index (κ3) is 3.09. The number of aromatic nitrogens is 2. The van der Waals surface area contributed by atoms with E-state index >= 15 is 0 Å². The lowest BCUT2D eigenvalue weighted by atomic mass is 9.81. The Bertz CT molecular complexity index is 831. The topological polar surface area (TPSA) is 69.6 Å². The third-order valence-corrected chi connectivity index (χ3v) is 6.98. The van der Waals surface area contributed by atoms with Crippen LogP contribution in [0.25, 0.3) is 0 Å². The number of hydrogen-bond acceptors (Lipinski definition) is 6. The fourth-order valence-corrected chi connectivity index (χ4v) is 5.65. The number of nitrogens with zero attached hydrogens (tertiary/aromatic N) is 5. The van der Waals surface area contributed by atoms with E-state index in [1.54, 1.807) is 0 Å². The molecule has 5 rings (SSSR count). The van der Waals surface area contributed by atoms with Crippen LogP contribution >= 0.6 is 0 Å². The van der Waals surface area contributed by atoms with E-state index in [0.717, 1.165) is 19.3 Å². The average Bonchev–Trinajstić information content (AvgIpc) is 3.44. The van der Waals surface area contributed by atoms with Gasteiger partial charge in [0.05, 0.1) is 13.2 Å². The summed E-state index contributed by atoms with van der Waals surface area (Å²) in [6, 6.07) is 0.268. The van der Waals surface area contributed by atoms with E-state index in [1.165, 1.54) is 17.3 Å². The molecule has 2 saturated heterocycles. The van der Waals surface area contributed by atoms with Gasteiger partial charge in [-0.1, -0.05) is 0 Å². The summed E-state index contributed by atoms with van der Waals surface area (Å²) in [5.41, 5.74) is 0. The zero-order chi connectivity index (χ0) is 21.8.